The number of piperidine rings is 1. The number of hydrogen-bond acceptors (Lipinski definition) is 5. The second-order valence-electron chi connectivity index (χ2n) is 7.18. The molecule has 2 aromatic carbocycles. The molecular weight excluding hydrogens is 416 g/mol. The third kappa shape index (κ3) is 4.13. The van der Waals surface area contributed by atoms with E-state index in [-0.39, 0.29) is 12.6 Å². The number of fused-ring (bicyclic) bond motifs is 1. The van der Waals surface area contributed by atoms with Crippen molar-refractivity contribution >= 4 is 38.6 Å². The van der Waals surface area contributed by atoms with Crippen molar-refractivity contribution in [2.75, 3.05) is 29.9 Å². The highest BCUT2D eigenvalue weighted by molar-refractivity contribution is 9.10. The maximum Gasteiger partial charge on any atom is 0.228 e. The molecule has 1 saturated heterocycles. The van der Waals surface area contributed by atoms with Crippen LogP contribution in [0.1, 0.15) is 24.8 Å². The van der Waals surface area contributed by atoms with Gasteiger partial charge in [0.15, 0.2) is 0 Å². The molecule has 0 spiro atoms. The minimum atomic E-state index is 0.100. The minimum Gasteiger partial charge on any atom is -0.394 e. The summed E-state index contributed by atoms with van der Waals surface area (Å²) in [5.41, 5.74) is 2.20. The number of halogens is 1. The van der Waals surface area contributed by atoms with Crippen LogP contribution in [0.3, 0.4) is 0 Å². The monoisotopic (exact) mass is 440 g/mol. The molecule has 2 heterocycles. The second kappa shape index (κ2) is 8.88. The Morgan fingerprint density at radius 2 is 1.89 bits per heavy atom. The van der Waals surface area contributed by atoms with Gasteiger partial charge in [-0.25, -0.2) is 4.98 Å². The van der Waals surface area contributed by atoms with Gasteiger partial charge in [-0.15, -0.1) is 0 Å². The van der Waals surface area contributed by atoms with Crippen molar-refractivity contribution in [1.29, 1.82) is 0 Å². The first-order chi connectivity index (χ1) is 13.8. The van der Waals surface area contributed by atoms with Crippen molar-refractivity contribution in [2.45, 2.75) is 31.7 Å². The fourth-order valence-corrected chi connectivity index (χ4v) is 4.28. The molecular formula is C22H25BrN4O. The van der Waals surface area contributed by atoms with Gasteiger partial charge in [0.2, 0.25) is 5.95 Å². The Hall–Kier alpha value is -2.18. The first-order valence-corrected chi connectivity index (χ1v) is 10.7. The van der Waals surface area contributed by atoms with Crippen LogP contribution < -0.4 is 10.2 Å². The summed E-state index contributed by atoms with van der Waals surface area (Å²) in [5, 5.41) is 14.3. The minimum absolute atomic E-state index is 0.100. The molecule has 0 bridgehead atoms. The topological polar surface area (TPSA) is 61.3 Å². The maximum absolute atomic E-state index is 9.78. The lowest BCUT2D eigenvalue weighted by Crippen LogP contribution is -2.43. The number of nitrogens with zero attached hydrogens (tertiary/aromatic N) is 3. The molecule has 1 aromatic heterocycles. The molecule has 4 rings (SSSR count). The highest BCUT2D eigenvalue weighted by atomic mass is 79.9. The van der Waals surface area contributed by atoms with Gasteiger partial charge in [0.05, 0.1) is 18.2 Å². The Bertz CT molecular complexity index is 949. The SMILES string of the molecule is OCC1CCCCN1c1nc(NCCc2ccccc2Br)c2ccccc2n1. The molecule has 1 fully saturated rings. The maximum atomic E-state index is 9.78. The number of hydrogen-bond donors (Lipinski definition) is 2. The van der Waals surface area contributed by atoms with Crippen LogP contribution in [0.4, 0.5) is 11.8 Å². The number of aromatic nitrogens is 2. The average Bonchev–Trinajstić information content (AvgIpc) is 2.75. The van der Waals surface area contributed by atoms with E-state index in [2.05, 4.69) is 50.4 Å². The Morgan fingerprint density at radius 3 is 2.75 bits per heavy atom. The molecule has 3 aromatic rings. The van der Waals surface area contributed by atoms with Crippen LogP contribution in [-0.2, 0) is 6.42 Å². The molecule has 0 aliphatic carbocycles. The molecule has 1 atom stereocenters. The number of rotatable bonds is 6. The van der Waals surface area contributed by atoms with Crippen molar-refractivity contribution in [3.05, 3.63) is 58.6 Å². The van der Waals surface area contributed by atoms with Crippen molar-refractivity contribution < 1.29 is 5.11 Å². The van der Waals surface area contributed by atoms with Gasteiger partial charge in [-0.2, -0.15) is 4.98 Å². The lowest BCUT2D eigenvalue weighted by molar-refractivity contribution is 0.239. The number of nitrogens with one attached hydrogen (secondary N) is 1. The van der Waals surface area contributed by atoms with E-state index in [1.807, 2.05) is 24.3 Å². The number of para-hydroxylation sites is 1. The normalized spacial score (nSPS) is 17.1. The van der Waals surface area contributed by atoms with Crippen molar-refractivity contribution in [1.82, 2.24) is 9.97 Å². The van der Waals surface area contributed by atoms with Crippen LogP contribution in [0.15, 0.2) is 53.0 Å². The molecule has 2 N–H and O–H groups in total. The highest BCUT2D eigenvalue weighted by Crippen LogP contribution is 2.27. The number of anilines is 2. The zero-order chi connectivity index (χ0) is 19.3. The summed E-state index contributed by atoms with van der Waals surface area (Å²) < 4.78 is 1.13. The van der Waals surface area contributed by atoms with Crippen LogP contribution in [0, 0.1) is 0 Å². The predicted molar refractivity (Wildman–Crippen MR) is 118 cm³/mol. The standard InChI is InChI=1S/C22H25BrN4O/c23-19-10-3-1-7-16(19)12-13-24-21-18-9-2-4-11-20(18)25-22(26-21)27-14-6-5-8-17(27)15-28/h1-4,7,9-11,17,28H,5-6,8,12-15H2,(H,24,25,26). The largest absolute Gasteiger partial charge is 0.394 e. The quantitative estimate of drug-likeness (QED) is 0.594. The van der Waals surface area contributed by atoms with Crippen LogP contribution in [0.2, 0.25) is 0 Å². The third-order valence-corrected chi connectivity index (χ3v) is 6.10. The Morgan fingerprint density at radius 1 is 1.07 bits per heavy atom. The van der Waals surface area contributed by atoms with Gasteiger partial charge in [-0.3, -0.25) is 0 Å². The van der Waals surface area contributed by atoms with E-state index in [4.69, 9.17) is 9.97 Å². The molecule has 0 radical (unpaired) electrons. The number of benzene rings is 2. The van der Waals surface area contributed by atoms with Gasteiger partial charge in [-0.05, 0) is 49.4 Å². The van der Waals surface area contributed by atoms with E-state index < -0.39 is 0 Å². The van der Waals surface area contributed by atoms with E-state index in [0.717, 1.165) is 60.0 Å². The summed E-state index contributed by atoms with van der Waals surface area (Å²) in [7, 11) is 0. The van der Waals surface area contributed by atoms with Crippen LogP contribution in [-0.4, -0.2) is 40.8 Å². The van der Waals surface area contributed by atoms with Crippen molar-refractivity contribution in [2.24, 2.45) is 0 Å². The Labute approximate surface area is 173 Å². The zero-order valence-corrected chi connectivity index (χ0v) is 17.4. The zero-order valence-electron chi connectivity index (χ0n) is 15.8. The molecule has 28 heavy (non-hydrogen) atoms. The molecule has 5 nitrogen and oxygen atoms in total. The smallest absolute Gasteiger partial charge is 0.228 e. The van der Waals surface area contributed by atoms with E-state index in [0.29, 0.717) is 5.95 Å². The summed E-state index contributed by atoms with van der Waals surface area (Å²) in [5.74, 6) is 1.57. The first kappa shape index (κ1) is 19.2. The van der Waals surface area contributed by atoms with E-state index >= 15 is 0 Å². The Kier molecular flexibility index (Phi) is 6.07. The summed E-state index contributed by atoms with van der Waals surface area (Å²) in [6.45, 7) is 1.81. The van der Waals surface area contributed by atoms with Crippen LogP contribution >= 0.6 is 15.9 Å². The van der Waals surface area contributed by atoms with E-state index in [1.165, 1.54) is 5.56 Å². The number of aliphatic hydroxyl groups excluding tert-OH is 1. The van der Waals surface area contributed by atoms with Gasteiger partial charge in [0.1, 0.15) is 5.82 Å². The summed E-state index contributed by atoms with van der Waals surface area (Å²) in [6.07, 6.45) is 4.14. The van der Waals surface area contributed by atoms with E-state index in [1.54, 1.807) is 0 Å². The molecule has 0 amide bonds. The van der Waals surface area contributed by atoms with Gasteiger partial charge in [-0.1, -0.05) is 46.3 Å². The van der Waals surface area contributed by atoms with Gasteiger partial charge in [0, 0.05) is 22.9 Å². The molecule has 1 aliphatic heterocycles. The Balaban J connectivity index is 1.60. The van der Waals surface area contributed by atoms with Crippen LogP contribution in [0.25, 0.3) is 10.9 Å². The molecule has 146 valence electrons. The van der Waals surface area contributed by atoms with Crippen LogP contribution in [0.5, 0.6) is 0 Å². The lowest BCUT2D eigenvalue weighted by atomic mass is 10.0. The third-order valence-electron chi connectivity index (χ3n) is 5.33. The second-order valence-corrected chi connectivity index (χ2v) is 8.04. The van der Waals surface area contributed by atoms with Crippen molar-refractivity contribution in [3.8, 4) is 0 Å². The summed E-state index contributed by atoms with van der Waals surface area (Å²) >= 11 is 3.62. The van der Waals surface area contributed by atoms with Gasteiger partial charge >= 0.3 is 0 Å². The highest BCUT2D eigenvalue weighted by Gasteiger charge is 2.24. The van der Waals surface area contributed by atoms with Crippen molar-refractivity contribution in [3.63, 3.8) is 0 Å². The lowest BCUT2D eigenvalue weighted by Gasteiger charge is -2.34. The summed E-state index contributed by atoms with van der Waals surface area (Å²) in [6, 6.07) is 16.5. The predicted octanol–water partition coefficient (Wildman–Crippen LogP) is 4.40. The molecule has 0 saturated carbocycles. The fraction of sp³-hybridized carbons (Fsp3) is 0.364. The van der Waals surface area contributed by atoms with E-state index in [9.17, 15) is 5.11 Å². The number of aliphatic hydroxyl groups is 1. The van der Waals surface area contributed by atoms with Gasteiger partial charge < -0.3 is 15.3 Å². The molecule has 1 unspecified atom stereocenters. The molecule has 1 aliphatic rings. The summed E-state index contributed by atoms with van der Waals surface area (Å²) in [4.78, 5) is 11.8. The molecule has 6 heteroatoms. The average molecular weight is 441 g/mol. The first-order valence-electron chi connectivity index (χ1n) is 9.88. The van der Waals surface area contributed by atoms with Gasteiger partial charge in [0.25, 0.3) is 0 Å². The fourth-order valence-electron chi connectivity index (χ4n) is 3.80.